The van der Waals surface area contributed by atoms with Crippen molar-refractivity contribution in [3.05, 3.63) is 71.1 Å². The Balaban J connectivity index is 1.75. The topological polar surface area (TPSA) is 59.2 Å². The zero-order valence-electron chi connectivity index (χ0n) is 14.0. The second-order valence-corrected chi connectivity index (χ2v) is 5.85. The lowest BCUT2D eigenvalue weighted by atomic mass is 10.0. The van der Waals surface area contributed by atoms with Crippen LogP contribution in [0.2, 0.25) is 0 Å². The fourth-order valence-electron chi connectivity index (χ4n) is 2.46. The largest absolute Gasteiger partial charge is 0.419 e. The van der Waals surface area contributed by atoms with E-state index in [1.165, 1.54) is 0 Å². The highest BCUT2D eigenvalue weighted by Gasteiger charge is 2.17. The van der Waals surface area contributed by atoms with Crippen molar-refractivity contribution in [2.45, 2.75) is 20.4 Å². The lowest BCUT2D eigenvalue weighted by molar-refractivity contribution is 0.0772. The molecule has 5 nitrogen and oxygen atoms in total. The van der Waals surface area contributed by atoms with E-state index in [0.717, 1.165) is 16.7 Å². The molecule has 0 unspecified atom stereocenters. The molecule has 24 heavy (non-hydrogen) atoms. The SMILES string of the molecule is Cc1ccc(C)c(C(=O)N(C)Cc2nnc(-c3ccccc3)o2)c1. The van der Waals surface area contributed by atoms with Gasteiger partial charge in [-0.2, -0.15) is 0 Å². The molecule has 0 fully saturated rings. The molecular formula is C19H19N3O2. The van der Waals surface area contributed by atoms with E-state index in [0.29, 0.717) is 17.3 Å². The lowest BCUT2D eigenvalue weighted by Crippen LogP contribution is -2.27. The molecule has 0 spiro atoms. The van der Waals surface area contributed by atoms with Gasteiger partial charge in [0.15, 0.2) is 0 Å². The molecule has 2 aromatic carbocycles. The van der Waals surface area contributed by atoms with Crippen molar-refractivity contribution in [2.75, 3.05) is 7.05 Å². The highest BCUT2D eigenvalue weighted by atomic mass is 16.4. The summed E-state index contributed by atoms with van der Waals surface area (Å²) in [4.78, 5) is 14.2. The third-order valence-corrected chi connectivity index (χ3v) is 3.83. The average Bonchev–Trinajstić information content (AvgIpc) is 3.05. The molecule has 3 rings (SSSR count). The Morgan fingerprint density at radius 3 is 2.58 bits per heavy atom. The Labute approximate surface area is 140 Å². The van der Waals surface area contributed by atoms with Gasteiger partial charge in [-0.05, 0) is 37.6 Å². The van der Waals surface area contributed by atoms with Crippen molar-refractivity contribution in [3.8, 4) is 11.5 Å². The number of amides is 1. The van der Waals surface area contributed by atoms with Crippen molar-refractivity contribution < 1.29 is 9.21 Å². The van der Waals surface area contributed by atoms with E-state index >= 15 is 0 Å². The van der Waals surface area contributed by atoms with Crippen LogP contribution in [0, 0.1) is 13.8 Å². The first-order valence-corrected chi connectivity index (χ1v) is 7.75. The van der Waals surface area contributed by atoms with E-state index in [4.69, 9.17) is 4.42 Å². The normalized spacial score (nSPS) is 10.6. The third-order valence-electron chi connectivity index (χ3n) is 3.83. The smallest absolute Gasteiger partial charge is 0.254 e. The Hall–Kier alpha value is -2.95. The molecule has 5 heteroatoms. The van der Waals surface area contributed by atoms with Crippen LogP contribution in [0.25, 0.3) is 11.5 Å². The maximum absolute atomic E-state index is 12.6. The van der Waals surface area contributed by atoms with Crippen LogP contribution in [0.3, 0.4) is 0 Å². The minimum Gasteiger partial charge on any atom is -0.419 e. The summed E-state index contributed by atoms with van der Waals surface area (Å²) < 4.78 is 5.66. The molecule has 0 aliphatic carbocycles. The molecule has 0 saturated carbocycles. The number of hydrogen-bond donors (Lipinski definition) is 0. The summed E-state index contributed by atoms with van der Waals surface area (Å²) in [7, 11) is 1.73. The average molecular weight is 321 g/mol. The standard InChI is InChI=1S/C19H19N3O2/c1-13-9-10-14(2)16(11-13)19(23)22(3)12-17-20-21-18(24-17)15-7-5-4-6-8-15/h4-11H,12H2,1-3H3. The molecule has 0 aliphatic heterocycles. The van der Waals surface area contributed by atoms with Crippen LogP contribution in [-0.4, -0.2) is 28.1 Å². The van der Waals surface area contributed by atoms with E-state index in [1.807, 2.05) is 62.4 Å². The summed E-state index contributed by atoms with van der Waals surface area (Å²) in [6.07, 6.45) is 0. The first kappa shape index (κ1) is 15.9. The monoisotopic (exact) mass is 321 g/mol. The second-order valence-electron chi connectivity index (χ2n) is 5.85. The summed E-state index contributed by atoms with van der Waals surface area (Å²) in [5.41, 5.74) is 3.56. The van der Waals surface area contributed by atoms with Crippen LogP contribution in [0.4, 0.5) is 0 Å². The molecular weight excluding hydrogens is 302 g/mol. The van der Waals surface area contributed by atoms with Crippen molar-refractivity contribution >= 4 is 5.91 Å². The number of carbonyl (C=O) groups is 1. The molecule has 1 amide bonds. The second kappa shape index (κ2) is 6.66. The van der Waals surface area contributed by atoms with Gasteiger partial charge >= 0.3 is 0 Å². The van der Waals surface area contributed by atoms with Gasteiger partial charge in [-0.15, -0.1) is 10.2 Å². The van der Waals surface area contributed by atoms with Crippen molar-refractivity contribution in [1.29, 1.82) is 0 Å². The zero-order chi connectivity index (χ0) is 17.1. The first-order valence-electron chi connectivity index (χ1n) is 7.75. The molecule has 0 N–H and O–H groups in total. The summed E-state index contributed by atoms with van der Waals surface area (Å²) in [6, 6.07) is 15.4. The van der Waals surface area contributed by atoms with E-state index in [2.05, 4.69) is 10.2 Å². The number of benzene rings is 2. The van der Waals surface area contributed by atoms with Gasteiger partial charge in [0.1, 0.15) is 0 Å². The fourth-order valence-corrected chi connectivity index (χ4v) is 2.46. The number of hydrogen-bond acceptors (Lipinski definition) is 4. The highest BCUT2D eigenvalue weighted by molar-refractivity contribution is 5.95. The predicted molar refractivity (Wildman–Crippen MR) is 91.4 cm³/mol. The van der Waals surface area contributed by atoms with Crippen molar-refractivity contribution in [1.82, 2.24) is 15.1 Å². The van der Waals surface area contributed by atoms with Crippen LogP contribution >= 0.6 is 0 Å². The van der Waals surface area contributed by atoms with E-state index in [-0.39, 0.29) is 12.5 Å². The van der Waals surface area contributed by atoms with Crippen LogP contribution in [0.1, 0.15) is 27.4 Å². The van der Waals surface area contributed by atoms with Gasteiger partial charge < -0.3 is 9.32 Å². The molecule has 0 saturated heterocycles. The Morgan fingerprint density at radius 1 is 1.08 bits per heavy atom. The first-order chi connectivity index (χ1) is 11.5. The number of carbonyl (C=O) groups excluding carboxylic acids is 1. The zero-order valence-corrected chi connectivity index (χ0v) is 14.0. The third kappa shape index (κ3) is 3.35. The van der Waals surface area contributed by atoms with Gasteiger partial charge in [-0.1, -0.05) is 35.9 Å². The van der Waals surface area contributed by atoms with Crippen molar-refractivity contribution in [2.24, 2.45) is 0 Å². The summed E-state index contributed by atoms with van der Waals surface area (Å²) in [5, 5.41) is 8.09. The van der Waals surface area contributed by atoms with E-state index in [9.17, 15) is 4.79 Å². The number of aryl methyl sites for hydroxylation is 2. The van der Waals surface area contributed by atoms with Gasteiger partial charge in [0, 0.05) is 18.2 Å². The van der Waals surface area contributed by atoms with E-state index < -0.39 is 0 Å². The summed E-state index contributed by atoms with van der Waals surface area (Å²) in [5.74, 6) is 0.809. The number of nitrogens with zero attached hydrogens (tertiary/aromatic N) is 3. The Bertz CT molecular complexity index is 856. The molecule has 0 aliphatic rings. The minimum absolute atomic E-state index is 0.0596. The van der Waals surface area contributed by atoms with Crippen LogP contribution < -0.4 is 0 Å². The van der Waals surface area contributed by atoms with Crippen molar-refractivity contribution in [3.63, 3.8) is 0 Å². The lowest BCUT2D eigenvalue weighted by Gasteiger charge is -2.16. The van der Waals surface area contributed by atoms with Crippen LogP contribution in [0.5, 0.6) is 0 Å². The van der Waals surface area contributed by atoms with E-state index in [1.54, 1.807) is 11.9 Å². The van der Waals surface area contributed by atoms with Gasteiger partial charge in [-0.25, -0.2) is 0 Å². The molecule has 1 heterocycles. The maximum Gasteiger partial charge on any atom is 0.254 e. The molecule has 0 atom stereocenters. The number of aromatic nitrogens is 2. The maximum atomic E-state index is 12.6. The predicted octanol–water partition coefficient (Wildman–Crippen LogP) is 3.63. The highest BCUT2D eigenvalue weighted by Crippen LogP contribution is 2.18. The van der Waals surface area contributed by atoms with Crippen LogP contribution in [0.15, 0.2) is 52.9 Å². The molecule has 0 bridgehead atoms. The quantitative estimate of drug-likeness (QED) is 0.736. The Morgan fingerprint density at radius 2 is 1.83 bits per heavy atom. The molecule has 1 aromatic heterocycles. The summed E-state index contributed by atoms with van der Waals surface area (Å²) >= 11 is 0. The van der Waals surface area contributed by atoms with Crippen LogP contribution in [-0.2, 0) is 6.54 Å². The van der Waals surface area contributed by atoms with Gasteiger partial charge in [-0.3, -0.25) is 4.79 Å². The Kier molecular flexibility index (Phi) is 4.42. The number of rotatable bonds is 4. The molecule has 0 radical (unpaired) electrons. The van der Waals surface area contributed by atoms with Gasteiger partial charge in [0.05, 0.1) is 6.54 Å². The summed E-state index contributed by atoms with van der Waals surface area (Å²) in [6.45, 7) is 4.17. The molecule has 122 valence electrons. The fraction of sp³-hybridized carbons (Fsp3) is 0.211. The van der Waals surface area contributed by atoms with Gasteiger partial charge in [0.2, 0.25) is 11.8 Å². The van der Waals surface area contributed by atoms with Gasteiger partial charge in [0.25, 0.3) is 5.91 Å². The minimum atomic E-state index is -0.0596. The molecule has 3 aromatic rings.